The average Bonchev–Trinajstić information content (AvgIpc) is 3.34. The fraction of sp³-hybridized carbons (Fsp3) is 0.389. The van der Waals surface area contributed by atoms with Crippen LogP contribution in [0.5, 0.6) is 0 Å². The van der Waals surface area contributed by atoms with Crippen LogP contribution in [0.25, 0.3) is 10.2 Å². The molecule has 0 saturated carbocycles. The fourth-order valence-electron chi connectivity index (χ4n) is 3.13. The molecular weight excluding hydrogens is 384 g/mol. The zero-order chi connectivity index (χ0) is 17.8. The van der Waals surface area contributed by atoms with Gasteiger partial charge in [-0.15, -0.1) is 22.7 Å². The molecule has 136 valence electrons. The van der Waals surface area contributed by atoms with Crippen molar-refractivity contribution >= 4 is 55.7 Å². The van der Waals surface area contributed by atoms with Gasteiger partial charge < -0.3 is 10.2 Å². The minimum absolute atomic E-state index is 0.0839. The number of benzene rings is 1. The standard InChI is InChI=1S/C18H20N4OS3/c23-16(12-25-18-21-14-5-1-2-6-15(14)26-18)20-10-13-4-3-8-22(11-13)17-19-7-9-24-17/h1-2,5-7,9,13H,3-4,8,10-12H2,(H,20,23). The van der Waals surface area contributed by atoms with Crippen molar-refractivity contribution in [1.82, 2.24) is 15.3 Å². The summed E-state index contributed by atoms with van der Waals surface area (Å²) >= 11 is 4.84. The molecule has 2 aromatic heterocycles. The molecule has 1 aliphatic rings. The van der Waals surface area contributed by atoms with Crippen LogP contribution in [0.4, 0.5) is 5.13 Å². The van der Waals surface area contributed by atoms with Crippen LogP contribution < -0.4 is 10.2 Å². The minimum Gasteiger partial charge on any atom is -0.355 e. The van der Waals surface area contributed by atoms with Crippen LogP contribution in [0, 0.1) is 5.92 Å². The van der Waals surface area contributed by atoms with Crippen LogP contribution in [0.3, 0.4) is 0 Å². The van der Waals surface area contributed by atoms with Crippen LogP contribution in [0.1, 0.15) is 12.8 Å². The number of hydrogen-bond donors (Lipinski definition) is 1. The summed E-state index contributed by atoms with van der Waals surface area (Å²) in [6, 6.07) is 8.07. The van der Waals surface area contributed by atoms with Crippen molar-refractivity contribution in [2.45, 2.75) is 17.2 Å². The van der Waals surface area contributed by atoms with Crippen molar-refractivity contribution in [3.63, 3.8) is 0 Å². The van der Waals surface area contributed by atoms with E-state index >= 15 is 0 Å². The molecule has 1 unspecified atom stereocenters. The normalized spacial score (nSPS) is 17.5. The van der Waals surface area contributed by atoms with E-state index in [0.717, 1.165) is 47.5 Å². The van der Waals surface area contributed by atoms with Crippen molar-refractivity contribution in [3.05, 3.63) is 35.8 Å². The highest BCUT2D eigenvalue weighted by atomic mass is 32.2. The summed E-state index contributed by atoms with van der Waals surface area (Å²) in [5.41, 5.74) is 1.00. The van der Waals surface area contributed by atoms with Gasteiger partial charge in [0, 0.05) is 31.2 Å². The third-order valence-corrected chi connectivity index (χ3v) is 7.41. The number of nitrogens with zero attached hydrogens (tertiary/aromatic N) is 3. The van der Waals surface area contributed by atoms with E-state index in [1.807, 2.05) is 29.8 Å². The molecule has 1 atom stereocenters. The van der Waals surface area contributed by atoms with Crippen molar-refractivity contribution in [1.29, 1.82) is 0 Å². The predicted octanol–water partition coefficient (Wildman–Crippen LogP) is 3.88. The molecule has 1 fully saturated rings. The summed E-state index contributed by atoms with van der Waals surface area (Å²) in [6.07, 6.45) is 4.17. The first-order valence-electron chi connectivity index (χ1n) is 8.67. The summed E-state index contributed by atoms with van der Waals surface area (Å²) in [6.45, 7) is 2.77. The Bertz CT molecular complexity index is 831. The van der Waals surface area contributed by atoms with Crippen molar-refractivity contribution in [2.24, 2.45) is 5.92 Å². The molecule has 1 amide bonds. The molecule has 5 nitrogen and oxygen atoms in total. The minimum atomic E-state index is 0.0839. The molecule has 8 heteroatoms. The van der Waals surface area contributed by atoms with E-state index in [4.69, 9.17) is 0 Å². The largest absolute Gasteiger partial charge is 0.355 e. The Hall–Kier alpha value is -1.64. The maximum atomic E-state index is 12.2. The Morgan fingerprint density at radius 1 is 1.38 bits per heavy atom. The third kappa shape index (κ3) is 4.36. The van der Waals surface area contributed by atoms with E-state index in [0.29, 0.717) is 11.7 Å². The highest BCUT2D eigenvalue weighted by Crippen LogP contribution is 2.29. The first-order valence-corrected chi connectivity index (χ1v) is 11.4. The second-order valence-corrected chi connectivity index (χ2v) is 9.44. The predicted molar refractivity (Wildman–Crippen MR) is 110 cm³/mol. The number of aromatic nitrogens is 2. The van der Waals surface area contributed by atoms with Gasteiger partial charge in [0.25, 0.3) is 0 Å². The topological polar surface area (TPSA) is 58.1 Å². The van der Waals surface area contributed by atoms with E-state index in [2.05, 4.69) is 26.3 Å². The lowest BCUT2D eigenvalue weighted by Gasteiger charge is -2.32. The highest BCUT2D eigenvalue weighted by molar-refractivity contribution is 8.01. The van der Waals surface area contributed by atoms with Crippen LogP contribution in [0.15, 0.2) is 40.2 Å². The summed E-state index contributed by atoms with van der Waals surface area (Å²) in [7, 11) is 0. The summed E-state index contributed by atoms with van der Waals surface area (Å²) in [4.78, 5) is 23.5. The van der Waals surface area contributed by atoms with Gasteiger partial charge in [0.05, 0.1) is 16.0 Å². The number of nitrogens with one attached hydrogen (secondary N) is 1. The molecule has 3 heterocycles. The number of amides is 1. The molecule has 26 heavy (non-hydrogen) atoms. The van der Waals surface area contributed by atoms with Crippen LogP contribution >= 0.6 is 34.4 Å². The molecule has 0 spiro atoms. The highest BCUT2D eigenvalue weighted by Gasteiger charge is 2.22. The van der Waals surface area contributed by atoms with Crippen molar-refractivity contribution in [3.8, 4) is 0 Å². The van der Waals surface area contributed by atoms with Gasteiger partial charge in [-0.2, -0.15) is 0 Å². The quantitative estimate of drug-likeness (QED) is 0.632. The van der Waals surface area contributed by atoms with Gasteiger partial charge in [-0.3, -0.25) is 4.79 Å². The number of anilines is 1. The molecule has 0 bridgehead atoms. The number of piperidine rings is 1. The maximum Gasteiger partial charge on any atom is 0.230 e. The van der Waals surface area contributed by atoms with E-state index in [9.17, 15) is 4.79 Å². The lowest BCUT2D eigenvalue weighted by atomic mass is 9.98. The first-order chi connectivity index (χ1) is 12.8. The molecule has 0 aliphatic carbocycles. The number of para-hydroxylation sites is 1. The van der Waals surface area contributed by atoms with E-state index in [-0.39, 0.29) is 5.91 Å². The summed E-state index contributed by atoms with van der Waals surface area (Å²) < 4.78 is 2.12. The molecule has 0 radical (unpaired) electrons. The monoisotopic (exact) mass is 404 g/mol. The average molecular weight is 405 g/mol. The van der Waals surface area contributed by atoms with Gasteiger partial charge in [0.15, 0.2) is 9.47 Å². The molecule has 1 saturated heterocycles. The number of carbonyl (C=O) groups is 1. The van der Waals surface area contributed by atoms with Gasteiger partial charge in [-0.05, 0) is 30.9 Å². The van der Waals surface area contributed by atoms with Crippen molar-refractivity contribution in [2.75, 3.05) is 30.3 Å². The number of fused-ring (bicyclic) bond motifs is 1. The SMILES string of the molecule is O=C(CSc1nc2ccccc2s1)NCC1CCCN(c2nccs2)C1. The molecule has 1 aliphatic heterocycles. The van der Waals surface area contributed by atoms with E-state index in [1.54, 1.807) is 22.7 Å². The number of carbonyl (C=O) groups excluding carboxylic acids is 1. The van der Waals surface area contributed by atoms with Gasteiger partial charge >= 0.3 is 0 Å². The number of thioether (sulfide) groups is 1. The van der Waals surface area contributed by atoms with Gasteiger partial charge in [-0.1, -0.05) is 23.9 Å². The second kappa shape index (κ2) is 8.37. The fourth-order valence-corrected chi connectivity index (χ4v) is 5.71. The van der Waals surface area contributed by atoms with Gasteiger partial charge in [0.2, 0.25) is 5.91 Å². The lowest BCUT2D eigenvalue weighted by molar-refractivity contribution is -0.118. The molecule has 1 aromatic carbocycles. The Labute approximate surface area is 164 Å². The number of thiazole rings is 2. The molecule has 3 aromatic rings. The summed E-state index contributed by atoms with van der Waals surface area (Å²) in [5, 5.41) is 6.20. The second-order valence-electron chi connectivity index (χ2n) is 6.31. The maximum absolute atomic E-state index is 12.2. The number of rotatable bonds is 6. The van der Waals surface area contributed by atoms with E-state index < -0.39 is 0 Å². The van der Waals surface area contributed by atoms with Gasteiger partial charge in [-0.25, -0.2) is 9.97 Å². The van der Waals surface area contributed by atoms with Crippen LogP contribution in [0.2, 0.25) is 0 Å². The Morgan fingerprint density at radius 2 is 2.31 bits per heavy atom. The zero-order valence-electron chi connectivity index (χ0n) is 14.3. The summed E-state index contributed by atoms with van der Waals surface area (Å²) in [5.74, 6) is 0.993. The Morgan fingerprint density at radius 3 is 3.15 bits per heavy atom. The Balaban J connectivity index is 1.23. The number of hydrogen-bond acceptors (Lipinski definition) is 7. The first kappa shape index (κ1) is 17.8. The van der Waals surface area contributed by atoms with Gasteiger partial charge in [0.1, 0.15) is 0 Å². The lowest BCUT2D eigenvalue weighted by Crippen LogP contribution is -2.41. The van der Waals surface area contributed by atoms with Crippen molar-refractivity contribution < 1.29 is 4.79 Å². The third-order valence-electron chi connectivity index (χ3n) is 4.40. The Kier molecular flexibility index (Phi) is 5.72. The molecule has 1 N–H and O–H groups in total. The molecular formula is C18H20N4OS3. The van der Waals surface area contributed by atoms with Crippen LogP contribution in [-0.4, -0.2) is 41.3 Å². The van der Waals surface area contributed by atoms with Crippen LogP contribution in [-0.2, 0) is 4.79 Å². The smallest absolute Gasteiger partial charge is 0.230 e. The zero-order valence-corrected chi connectivity index (χ0v) is 16.7. The molecule has 4 rings (SSSR count). The van der Waals surface area contributed by atoms with E-state index in [1.165, 1.54) is 16.5 Å².